The van der Waals surface area contributed by atoms with E-state index in [2.05, 4.69) is 35.9 Å². The Morgan fingerprint density at radius 1 is 1.43 bits per heavy atom. The summed E-state index contributed by atoms with van der Waals surface area (Å²) in [5.74, 6) is -1.19. The molecule has 2 heterocycles. The van der Waals surface area contributed by atoms with E-state index in [4.69, 9.17) is 5.11 Å². The molecular weight excluding hydrogens is 366 g/mol. The lowest BCUT2D eigenvalue weighted by Gasteiger charge is -2.06. The lowest BCUT2D eigenvalue weighted by atomic mass is 10.5. The summed E-state index contributed by atoms with van der Waals surface area (Å²) in [6, 6.07) is 1.42. The Hall–Kier alpha value is -1.85. The molecule has 2 aromatic heterocycles. The second kappa shape index (κ2) is 6.28. The first-order chi connectivity index (χ1) is 9.88. The molecule has 0 spiro atoms. The Labute approximate surface area is 128 Å². The minimum absolute atomic E-state index is 0.0293. The number of carbonyl (C=O) groups is 1. The summed E-state index contributed by atoms with van der Waals surface area (Å²) >= 11 is 3.14. The fraction of sp³-hybridized carbons (Fsp3) is 0.200. The molecule has 0 saturated heterocycles. The number of hydrogen-bond donors (Lipinski definition) is 2. The summed E-state index contributed by atoms with van der Waals surface area (Å²) in [6.07, 6.45) is 3.92. The molecule has 9 nitrogen and oxygen atoms in total. The molecule has 0 radical (unpaired) electrons. The van der Waals surface area contributed by atoms with Gasteiger partial charge in [-0.3, -0.25) is 9.67 Å². The maximum absolute atomic E-state index is 12.0. The molecule has 0 aliphatic rings. The second-order valence-corrected chi connectivity index (χ2v) is 6.59. The highest BCUT2D eigenvalue weighted by molar-refractivity contribution is 9.10. The molecule has 2 N–H and O–H groups in total. The van der Waals surface area contributed by atoms with Gasteiger partial charge in [-0.05, 0) is 22.0 Å². The molecule has 11 heteroatoms. The smallest absolute Gasteiger partial charge is 0.358 e. The number of hydrogen-bond acceptors (Lipinski definition) is 6. The van der Waals surface area contributed by atoms with E-state index in [0.29, 0.717) is 4.47 Å². The van der Waals surface area contributed by atoms with E-state index < -0.39 is 16.0 Å². The van der Waals surface area contributed by atoms with Gasteiger partial charge < -0.3 is 5.11 Å². The monoisotopic (exact) mass is 375 g/mol. The molecule has 0 aliphatic heterocycles. The summed E-state index contributed by atoms with van der Waals surface area (Å²) in [4.78, 5) is 14.4. The maximum Gasteiger partial charge on any atom is 0.358 e. The number of carboxylic acids is 1. The van der Waals surface area contributed by atoms with Gasteiger partial charge in [0, 0.05) is 23.4 Å². The number of aromatic nitrogens is 4. The molecule has 2 rings (SSSR count). The Bertz CT molecular complexity index is 760. The Kier molecular flexibility index (Phi) is 4.65. The lowest BCUT2D eigenvalue weighted by molar-refractivity contribution is 0.0690. The van der Waals surface area contributed by atoms with E-state index >= 15 is 0 Å². The SMILES string of the molecule is O=C(O)c1cn(CCNS(=O)(=O)c2cncc(Br)c2)nn1. The van der Waals surface area contributed by atoms with Gasteiger partial charge in [-0.2, -0.15) is 0 Å². The van der Waals surface area contributed by atoms with Crippen molar-refractivity contribution in [3.63, 3.8) is 0 Å². The molecule has 0 atom stereocenters. The van der Waals surface area contributed by atoms with E-state index in [9.17, 15) is 13.2 Å². The molecular formula is C10H10BrN5O4S. The first kappa shape index (κ1) is 15.5. The van der Waals surface area contributed by atoms with Crippen LogP contribution < -0.4 is 4.72 Å². The summed E-state index contributed by atoms with van der Waals surface area (Å²) in [6.45, 7) is 0.193. The highest BCUT2D eigenvalue weighted by Crippen LogP contribution is 2.13. The van der Waals surface area contributed by atoms with Gasteiger partial charge in [0.05, 0.1) is 12.7 Å². The fourth-order valence-electron chi connectivity index (χ4n) is 1.42. The van der Waals surface area contributed by atoms with Crippen molar-refractivity contribution in [2.24, 2.45) is 0 Å². The third kappa shape index (κ3) is 4.06. The molecule has 0 aliphatic carbocycles. The van der Waals surface area contributed by atoms with Crippen molar-refractivity contribution >= 4 is 31.9 Å². The molecule has 0 bridgehead atoms. The lowest BCUT2D eigenvalue weighted by Crippen LogP contribution is -2.27. The third-order valence-corrected chi connectivity index (χ3v) is 4.24. The van der Waals surface area contributed by atoms with Gasteiger partial charge in [-0.15, -0.1) is 5.10 Å². The van der Waals surface area contributed by atoms with Gasteiger partial charge >= 0.3 is 5.97 Å². The zero-order valence-corrected chi connectivity index (χ0v) is 12.9. The van der Waals surface area contributed by atoms with Crippen molar-refractivity contribution in [3.8, 4) is 0 Å². The van der Waals surface area contributed by atoms with Crippen LogP contribution >= 0.6 is 15.9 Å². The van der Waals surface area contributed by atoms with E-state index in [1.54, 1.807) is 0 Å². The van der Waals surface area contributed by atoms with Crippen LogP contribution in [0.3, 0.4) is 0 Å². The van der Waals surface area contributed by atoms with E-state index in [-0.39, 0.29) is 23.7 Å². The molecule has 0 unspecified atom stereocenters. The maximum atomic E-state index is 12.0. The van der Waals surface area contributed by atoms with Gasteiger partial charge in [0.15, 0.2) is 5.69 Å². The van der Waals surface area contributed by atoms with Crippen molar-refractivity contribution in [2.75, 3.05) is 6.54 Å². The highest BCUT2D eigenvalue weighted by Gasteiger charge is 2.14. The van der Waals surface area contributed by atoms with Gasteiger partial charge in [0.25, 0.3) is 0 Å². The molecule has 0 fully saturated rings. The normalized spacial score (nSPS) is 11.5. The number of aromatic carboxylic acids is 1. The standard InChI is InChI=1S/C10H10BrN5O4S/c11-7-3-8(5-12-4-7)21(19,20)13-1-2-16-6-9(10(17)18)14-15-16/h3-6,13H,1-2H2,(H,17,18). The zero-order valence-electron chi connectivity index (χ0n) is 10.5. The third-order valence-electron chi connectivity index (χ3n) is 2.38. The number of nitrogens with zero attached hydrogens (tertiary/aromatic N) is 4. The van der Waals surface area contributed by atoms with Gasteiger partial charge in [0.1, 0.15) is 4.90 Å². The van der Waals surface area contributed by atoms with Crippen molar-refractivity contribution in [2.45, 2.75) is 11.4 Å². The zero-order chi connectivity index (χ0) is 15.5. The van der Waals surface area contributed by atoms with E-state index in [1.165, 1.54) is 29.3 Å². The van der Waals surface area contributed by atoms with Crippen LogP contribution in [0.1, 0.15) is 10.5 Å². The van der Waals surface area contributed by atoms with Crippen LogP contribution in [0.15, 0.2) is 34.0 Å². The summed E-state index contributed by atoms with van der Waals surface area (Å²) in [5.41, 5.74) is -0.200. The molecule has 2 aromatic rings. The van der Waals surface area contributed by atoms with Crippen molar-refractivity contribution in [3.05, 3.63) is 34.8 Å². The van der Waals surface area contributed by atoms with Gasteiger partial charge in [-0.25, -0.2) is 17.9 Å². The number of rotatable bonds is 6. The molecule has 0 amide bonds. The first-order valence-electron chi connectivity index (χ1n) is 5.62. The van der Waals surface area contributed by atoms with Crippen LogP contribution in [0, 0.1) is 0 Å². The summed E-state index contributed by atoms with van der Waals surface area (Å²) in [7, 11) is -3.68. The van der Waals surface area contributed by atoms with E-state index in [0.717, 1.165) is 0 Å². The van der Waals surface area contributed by atoms with Crippen LogP contribution in [0.5, 0.6) is 0 Å². The Morgan fingerprint density at radius 2 is 2.19 bits per heavy atom. The predicted octanol–water partition coefficient (Wildman–Crippen LogP) is 0.112. The number of sulfonamides is 1. The average molecular weight is 376 g/mol. The van der Waals surface area contributed by atoms with Crippen LogP contribution in [-0.4, -0.2) is 46.0 Å². The fourth-order valence-corrected chi connectivity index (χ4v) is 2.95. The Balaban J connectivity index is 1.97. The number of carboxylic acid groups (broad SMARTS) is 1. The van der Waals surface area contributed by atoms with Gasteiger partial charge in [-0.1, -0.05) is 5.21 Å². The van der Waals surface area contributed by atoms with Crippen LogP contribution in [-0.2, 0) is 16.6 Å². The number of nitrogens with one attached hydrogen (secondary N) is 1. The largest absolute Gasteiger partial charge is 0.476 e. The van der Waals surface area contributed by atoms with Crippen molar-refractivity contribution < 1.29 is 18.3 Å². The molecule has 112 valence electrons. The predicted molar refractivity (Wildman–Crippen MR) is 74.1 cm³/mol. The molecule has 0 aromatic carbocycles. The quantitative estimate of drug-likeness (QED) is 0.733. The van der Waals surface area contributed by atoms with Crippen molar-refractivity contribution in [1.82, 2.24) is 24.7 Å². The topological polar surface area (TPSA) is 127 Å². The molecule has 21 heavy (non-hydrogen) atoms. The van der Waals surface area contributed by atoms with Crippen LogP contribution in [0.4, 0.5) is 0 Å². The van der Waals surface area contributed by atoms with E-state index in [1.807, 2.05) is 0 Å². The highest BCUT2D eigenvalue weighted by atomic mass is 79.9. The Morgan fingerprint density at radius 3 is 2.81 bits per heavy atom. The summed E-state index contributed by atoms with van der Waals surface area (Å²) < 4.78 is 28.1. The molecule has 0 saturated carbocycles. The first-order valence-corrected chi connectivity index (χ1v) is 7.90. The van der Waals surface area contributed by atoms with Crippen LogP contribution in [0.2, 0.25) is 0 Å². The minimum atomic E-state index is -3.68. The van der Waals surface area contributed by atoms with Crippen LogP contribution in [0.25, 0.3) is 0 Å². The summed E-state index contributed by atoms with van der Waals surface area (Å²) in [5, 5.41) is 15.7. The average Bonchev–Trinajstić information content (AvgIpc) is 2.87. The van der Waals surface area contributed by atoms with Crippen molar-refractivity contribution in [1.29, 1.82) is 0 Å². The second-order valence-electron chi connectivity index (χ2n) is 3.91. The number of pyridine rings is 1. The minimum Gasteiger partial charge on any atom is -0.476 e. The van der Waals surface area contributed by atoms with Gasteiger partial charge in [0.2, 0.25) is 10.0 Å². The number of halogens is 1.